The Morgan fingerprint density at radius 3 is 2.40 bits per heavy atom. The van der Waals surface area contributed by atoms with Gasteiger partial charge in [0.1, 0.15) is 12.2 Å². The number of likely N-dealkylation sites (tertiary alicyclic amines) is 1. The van der Waals surface area contributed by atoms with Crippen LogP contribution in [0.5, 0.6) is 5.75 Å². The van der Waals surface area contributed by atoms with Crippen molar-refractivity contribution in [2.45, 2.75) is 42.9 Å². The van der Waals surface area contributed by atoms with Crippen LogP contribution in [0.2, 0.25) is 0 Å². The highest BCUT2D eigenvalue weighted by atomic mass is 32.2. The molecule has 2 saturated heterocycles. The van der Waals surface area contributed by atoms with E-state index >= 15 is 0 Å². The third-order valence-corrected chi connectivity index (χ3v) is 7.66. The highest BCUT2D eigenvalue weighted by molar-refractivity contribution is 7.89. The molecule has 30 heavy (non-hydrogen) atoms. The van der Waals surface area contributed by atoms with Gasteiger partial charge in [-0.05, 0) is 49.9 Å². The summed E-state index contributed by atoms with van der Waals surface area (Å²) in [6, 6.07) is 6.40. The van der Waals surface area contributed by atoms with Gasteiger partial charge in [-0.3, -0.25) is 4.79 Å². The average Bonchev–Trinajstić information content (AvgIpc) is 3.46. The predicted molar refractivity (Wildman–Crippen MR) is 108 cm³/mol. The van der Waals surface area contributed by atoms with Gasteiger partial charge in [0.2, 0.25) is 27.7 Å². The van der Waals surface area contributed by atoms with Gasteiger partial charge >= 0.3 is 0 Å². The van der Waals surface area contributed by atoms with Crippen molar-refractivity contribution in [1.29, 1.82) is 0 Å². The zero-order valence-corrected chi connectivity index (χ0v) is 17.8. The molecule has 0 aliphatic carbocycles. The summed E-state index contributed by atoms with van der Waals surface area (Å²) in [6.45, 7) is 2.34. The second-order valence-corrected chi connectivity index (χ2v) is 9.59. The fourth-order valence-electron chi connectivity index (χ4n) is 3.95. The predicted octanol–water partition coefficient (Wildman–Crippen LogP) is 1.81. The fourth-order valence-corrected chi connectivity index (χ4v) is 5.42. The molecule has 2 aliphatic heterocycles. The smallest absolute Gasteiger partial charge is 0.243 e. The number of hydrogen-bond donors (Lipinski definition) is 0. The molecule has 2 aliphatic rings. The lowest BCUT2D eigenvalue weighted by Crippen LogP contribution is -2.37. The van der Waals surface area contributed by atoms with Crippen LogP contribution in [0.1, 0.15) is 43.4 Å². The molecule has 1 amide bonds. The first kappa shape index (κ1) is 20.8. The Morgan fingerprint density at radius 1 is 1.10 bits per heavy atom. The van der Waals surface area contributed by atoms with Crippen molar-refractivity contribution in [2.75, 3.05) is 33.3 Å². The Kier molecular flexibility index (Phi) is 6.05. The van der Waals surface area contributed by atoms with Gasteiger partial charge in [-0.25, -0.2) is 8.42 Å². The molecule has 0 radical (unpaired) electrons. The second kappa shape index (κ2) is 8.73. The molecule has 1 aromatic carbocycles. The third kappa shape index (κ3) is 4.34. The molecule has 0 spiro atoms. The van der Waals surface area contributed by atoms with Gasteiger partial charge in [0.15, 0.2) is 0 Å². The highest BCUT2D eigenvalue weighted by Crippen LogP contribution is 2.30. The van der Waals surface area contributed by atoms with E-state index < -0.39 is 10.0 Å². The van der Waals surface area contributed by atoms with E-state index in [2.05, 4.69) is 10.2 Å². The van der Waals surface area contributed by atoms with Crippen LogP contribution in [-0.2, 0) is 21.2 Å². The van der Waals surface area contributed by atoms with Crippen LogP contribution in [0.3, 0.4) is 0 Å². The van der Waals surface area contributed by atoms with Crippen LogP contribution in [0, 0.1) is 0 Å². The molecule has 0 unspecified atom stereocenters. The molecule has 4 rings (SSSR count). The molecule has 1 aromatic heterocycles. The van der Waals surface area contributed by atoms with E-state index in [9.17, 15) is 13.2 Å². The molecule has 10 heteroatoms. The Hall–Kier alpha value is -2.46. The Bertz CT molecular complexity index is 975. The van der Waals surface area contributed by atoms with Crippen molar-refractivity contribution in [3.63, 3.8) is 0 Å². The maximum atomic E-state index is 12.9. The molecule has 162 valence electrons. The van der Waals surface area contributed by atoms with E-state index in [0.29, 0.717) is 43.5 Å². The Morgan fingerprint density at radius 2 is 1.77 bits per heavy atom. The van der Waals surface area contributed by atoms with Crippen LogP contribution >= 0.6 is 0 Å². The number of carbonyl (C=O) groups is 1. The maximum Gasteiger partial charge on any atom is 0.243 e. The Balaban J connectivity index is 1.35. The van der Waals surface area contributed by atoms with Crippen molar-refractivity contribution in [3.8, 4) is 5.75 Å². The number of hydrogen-bond acceptors (Lipinski definition) is 7. The van der Waals surface area contributed by atoms with E-state index in [4.69, 9.17) is 9.15 Å². The normalized spacial score (nSPS) is 18.6. The first-order valence-electron chi connectivity index (χ1n) is 10.2. The lowest BCUT2D eigenvalue weighted by molar-refractivity contribution is -0.129. The van der Waals surface area contributed by atoms with Crippen molar-refractivity contribution in [3.05, 3.63) is 36.0 Å². The summed E-state index contributed by atoms with van der Waals surface area (Å²) in [6.07, 6.45) is 3.39. The number of rotatable bonds is 6. The average molecular weight is 435 g/mol. The van der Waals surface area contributed by atoms with Gasteiger partial charge in [0.25, 0.3) is 0 Å². The van der Waals surface area contributed by atoms with Crippen LogP contribution in [0.25, 0.3) is 0 Å². The number of piperidine rings is 1. The van der Waals surface area contributed by atoms with E-state index in [0.717, 1.165) is 25.9 Å². The monoisotopic (exact) mass is 434 g/mol. The summed E-state index contributed by atoms with van der Waals surface area (Å²) in [5.74, 6) is 1.44. The van der Waals surface area contributed by atoms with Gasteiger partial charge in [-0.15, -0.1) is 10.2 Å². The quantitative estimate of drug-likeness (QED) is 0.683. The lowest BCUT2D eigenvalue weighted by atomic mass is 9.98. The van der Waals surface area contributed by atoms with E-state index in [1.807, 2.05) is 4.90 Å². The molecule has 0 atom stereocenters. The van der Waals surface area contributed by atoms with Crippen LogP contribution in [0.4, 0.5) is 0 Å². The molecule has 0 saturated carbocycles. The minimum atomic E-state index is -3.55. The number of sulfonamides is 1. The number of carbonyl (C=O) groups excluding carboxylic acids is 1. The van der Waals surface area contributed by atoms with Gasteiger partial charge in [0, 0.05) is 32.1 Å². The lowest BCUT2D eigenvalue weighted by Gasteiger charge is -2.29. The summed E-state index contributed by atoms with van der Waals surface area (Å²) in [5.41, 5.74) is 0. The largest absolute Gasteiger partial charge is 0.497 e. The molecular formula is C20H26N4O5S. The summed E-state index contributed by atoms with van der Waals surface area (Å²) in [7, 11) is -2.01. The van der Waals surface area contributed by atoms with Crippen molar-refractivity contribution in [1.82, 2.24) is 19.4 Å². The number of methoxy groups -OCH3 is 1. The molecular weight excluding hydrogens is 408 g/mol. The van der Waals surface area contributed by atoms with Gasteiger partial charge in [-0.2, -0.15) is 4.31 Å². The first-order chi connectivity index (χ1) is 14.5. The topological polar surface area (TPSA) is 106 Å². The molecule has 0 bridgehead atoms. The Labute approximate surface area is 176 Å². The van der Waals surface area contributed by atoms with Gasteiger partial charge in [0.05, 0.1) is 12.0 Å². The van der Waals surface area contributed by atoms with Crippen LogP contribution < -0.4 is 4.74 Å². The summed E-state index contributed by atoms with van der Waals surface area (Å²) >= 11 is 0. The first-order valence-corrected chi connectivity index (χ1v) is 11.7. The molecule has 2 fully saturated rings. The summed E-state index contributed by atoms with van der Waals surface area (Å²) < 4.78 is 38.1. The third-order valence-electron chi connectivity index (χ3n) is 5.74. The van der Waals surface area contributed by atoms with Gasteiger partial charge in [-0.1, -0.05) is 0 Å². The van der Waals surface area contributed by atoms with Gasteiger partial charge < -0.3 is 14.1 Å². The van der Waals surface area contributed by atoms with E-state index in [1.165, 1.54) is 4.31 Å². The van der Waals surface area contributed by atoms with Crippen molar-refractivity contribution < 1.29 is 22.4 Å². The number of nitrogens with zero attached hydrogens (tertiary/aromatic N) is 4. The van der Waals surface area contributed by atoms with Crippen molar-refractivity contribution in [2.24, 2.45) is 0 Å². The minimum Gasteiger partial charge on any atom is -0.497 e. The zero-order chi connectivity index (χ0) is 21.1. The van der Waals surface area contributed by atoms with Crippen molar-refractivity contribution >= 4 is 15.9 Å². The second-order valence-electron chi connectivity index (χ2n) is 7.65. The number of ether oxygens (including phenoxy) is 1. The summed E-state index contributed by atoms with van der Waals surface area (Å²) in [4.78, 5) is 14.3. The van der Waals surface area contributed by atoms with Crippen LogP contribution in [0.15, 0.2) is 33.6 Å². The molecule has 2 aromatic rings. The number of amides is 1. The van der Waals surface area contributed by atoms with E-state index in [-0.39, 0.29) is 23.1 Å². The fraction of sp³-hybridized carbons (Fsp3) is 0.550. The minimum absolute atomic E-state index is 0.00421. The van der Waals surface area contributed by atoms with Crippen LogP contribution in [-0.4, -0.2) is 67.0 Å². The maximum absolute atomic E-state index is 12.9. The molecule has 9 nitrogen and oxygen atoms in total. The summed E-state index contributed by atoms with van der Waals surface area (Å²) in [5, 5.41) is 8.14. The van der Waals surface area contributed by atoms with E-state index in [1.54, 1.807) is 31.4 Å². The number of benzene rings is 1. The number of aromatic nitrogens is 2. The highest BCUT2D eigenvalue weighted by Gasteiger charge is 2.32. The standard InChI is InChI=1S/C20H26N4O5S/c1-28-16-4-6-17(7-5-16)30(26,27)24-12-8-15(9-13-24)20-22-21-18(29-20)14-19(25)23-10-2-3-11-23/h4-7,15H,2-3,8-14H2,1H3. The SMILES string of the molecule is COc1ccc(S(=O)(=O)N2CCC(c3nnc(CC(=O)N4CCCC4)o3)CC2)cc1. The zero-order valence-electron chi connectivity index (χ0n) is 17.0. The molecule has 0 N–H and O–H groups in total. The molecule has 3 heterocycles.